The third-order valence-electron chi connectivity index (χ3n) is 1.66. The average Bonchev–Trinajstić information content (AvgIpc) is 2.27. The van der Waals surface area contributed by atoms with E-state index in [4.69, 9.17) is 10.9 Å². The van der Waals surface area contributed by atoms with Crippen LogP contribution in [0.25, 0.3) is 0 Å². The molecular weight excluding hydrogens is 219 g/mol. The number of nitrogens with zero attached hydrogens (tertiary/aromatic N) is 2. The minimum absolute atomic E-state index is 0.0711. The number of aromatic nitrogens is 2. The highest BCUT2D eigenvalue weighted by atomic mass is 32.2. The second-order valence-electron chi connectivity index (χ2n) is 3.09. The Morgan fingerprint density at radius 3 is 3.07 bits per heavy atom. The zero-order chi connectivity index (χ0) is 11.3. The molecule has 0 aliphatic rings. The number of aliphatic hydroxyl groups excluding tert-OH is 1. The van der Waals surface area contributed by atoms with Gasteiger partial charge in [0.05, 0.1) is 6.20 Å². The summed E-state index contributed by atoms with van der Waals surface area (Å²) in [5.74, 6) is 5.49. The molecule has 0 spiro atoms. The minimum Gasteiger partial charge on any atom is -0.396 e. The first-order valence-electron chi connectivity index (χ1n) is 4.40. The quantitative estimate of drug-likeness (QED) is 0.299. The van der Waals surface area contributed by atoms with E-state index in [9.17, 15) is 4.39 Å². The van der Waals surface area contributed by atoms with Crippen molar-refractivity contribution in [1.82, 2.24) is 9.97 Å². The fourth-order valence-electron chi connectivity index (χ4n) is 0.796. The van der Waals surface area contributed by atoms with Gasteiger partial charge in [-0.3, -0.25) is 5.43 Å². The van der Waals surface area contributed by atoms with Crippen LogP contribution < -0.4 is 11.3 Å². The molecular formula is C8H13FN4OS. The number of halogens is 1. The van der Waals surface area contributed by atoms with Gasteiger partial charge < -0.3 is 5.11 Å². The first kappa shape index (κ1) is 12.2. The molecule has 0 radical (unpaired) electrons. The molecule has 0 saturated heterocycles. The molecule has 1 aromatic heterocycles. The Kier molecular flexibility index (Phi) is 4.73. The third kappa shape index (κ3) is 3.61. The van der Waals surface area contributed by atoms with E-state index in [2.05, 4.69) is 15.4 Å². The summed E-state index contributed by atoms with van der Waals surface area (Å²) in [7, 11) is 0. The van der Waals surface area contributed by atoms with Crippen molar-refractivity contribution in [3.63, 3.8) is 0 Å². The standard InChI is InChI=1S/C8H13FN4OS/c1-5(3-14)4-15-7-6(9)2-11-8(12-7)13-10/h2,5,14H,3-4,10H2,1H3,(H,11,12,13). The molecule has 1 aromatic rings. The Labute approximate surface area is 91.3 Å². The van der Waals surface area contributed by atoms with Gasteiger partial charge in [0.2, 0.25) is 5.95 Å². The van der Waals surface area contributed by atoms with Crippen molar-refractivity contribution in [1.29, 1.82) is 0 Å². The van der Waals surface area contributed by atoms with E-state index in [1.54, 1.807) is 0 Å². The summed E-state index contributed by atoms with van der Waals surface area (Å²) in [4.78, 5) is 7.48. The van der Waals surface area contributed by atoms with E-state index in [1.165, 1.54) is 11.8 Å². The number of anilines is 1. The van der Waals surface area contributed by atoms with Gasteiger partial charge in [0.1, 0.15) is 5.03 Å². The van der Waals surface area contributed by atoms with E-state index < -0.39 is 5.82 Å². The minimum atomic E-state index is -0.482. The van der Waals surface area contributed by atoms with E-state index in [-0.39, 0.29) is 23.5 Å². The smallest absolute Gasteiger partial charge is 0.238 e. The van der Waals surface area contributed by atoms with Gasteiger partial charge in [0, 0.05) is 12.4 Å². The third-order valence-corrected chi connectivity index (χ3v) is 2.95. The van der Waals surface area contributed by atoms with Gasteiger partial charge in [-0.1, -0.05) is 6.92 Å². The van der Waals surface area contributed by atoms with Crippen molar-refractivity contribution < 1.29 is 9.50 Å². The molecule has 1 atom stereocenters. The molecule has 0 aromatic carbocycles. The van der Waals surface area contributed by atoms with Crippen LogP contribution in [0.4, 0.5) is 10.3 Å². The summed E-state index contributed by atoms with van der Waals surface area (Å²) >= 11 is 1.23. The van der Waals surface area contributed by atoms with Gasteiger partial charge >= 0.3 is 0 Å². The van der Waals surface area contributed by atoms with Crippen molar-refractivity contribution in [2.45, 2.75) is 11.9 Å². The van der Waals surface area contributed by atoms with Crippen molar-refractivity contribution in [2.24, 2.45) is 11.8 Å². The number of thioether (sulfide) groups is 1. The molecule has 5 nitrogen and oxygen atoms in total. The Bertz CT molecular complexity index is 326. The SMILES string of the molecule is CC(CO)CSc1nc(NN)ncc1F. The van der Waals surface area contributed by atoms with Crippen LogP contribution in [0, 0.1) is 11.7 Å². The maximum Gasteiger partial charge on any atom is 0.238 e. The fraction of sp³-hybridized carbons (Fsp3) is 0.500. The number of hydrazine groups is 1. The second-order valence-corrected chi connectivity index (χ2v) is 4.10. The lowest BCUT2D eigenvalue weighted by Crippen LogP contribution is -2.11. The molecule has 0 bridgehead atoms. The normalized spacial score (nSPS) is 12.5. The van der Waals surface area contributed by atoms with Crippen LogP contribution in [0.15, 0.2) is 11.2 Å². The van der Waals surface area contributed by atoms with Crippen LogP contribution in [0.5, 0.6) is 0 Å². The van der Waals surface area contributed by atoms with Crippen LogP contribution in [-0.2, 0) is 0 Å². The van der Waals surface area contributed by atoms with Crippen LogP contribution in [0.2, 0.25) is 0 Å². The van der Waals surface area contributed by atoms with Crippen molar-refractivity contribution in [3.8, 4) is 0 Å². The molecule has 0 saturated carbocycles. The summed E-state index contributed by atoms with van der Waals surface area (Å²) < 4.78 is 13.2. The van der Waals surface area contributed by atoms with Gasteiger partial charge in [-0.15, -0.1) is 11.8 Å². The summed E-state index contributed by atoms with van der Waals surface area (Å²) in [5, 5.41) is 9.05. The summed E-state index contributed by atoms with van der Waals surface area (Å²) in [5.41, 5.74) is 2.24. The predicted octanol–water partition coefficient (Wildman–Crippen LogP) is 0.622. The predicted molar refractivity (Wildman–Crippen MR) is 56.8 cm³/mol. The lowest BCUT2D eigenvalue weighted by atomic mass is 10.2. The second kappa shape index (κ2) is 5.84. The van der Waals surface area contributed by atoms with Crippen LogP contribution >= 0.6 is 11.8 Å². The number of hydrogen-bond donors (Lipinski definition) is 3. The van der Waals surface area contributed by atoms with Crippen LogP contribution in [0.3, 0.4) is 0 Å². The number of nitrogens with two attached hydrogens (primary N) is 1. The van der Waals surface area contributed by atoms with E-state index in [0.29, 0.717) is 5.75 Å². The first-order valence-corrected chi connectivity index (χ1v) is 5.38. The van der Waals surface area contributed by atoms with Gasteiger partial charge in [-0.05, 0) is 5.92 Å². The molecule has 1 rings (SSSR count). The van der Waals surface area contributed by atoms with Crippen LogP contribution in [-0.4, -0.2) is 27.4 Å². The highest BCUT2D eigenvalue weighted by molar-refractivity contribution is 7.99. The summed E-state index contributed by atoms with van der Waals surface area (Å²) in [6.45, 7) is 1.94. The topological polar surface area (TPSA) is 84.1 Å². The van der Waals surface area contributed by atoms with Crippen molar-refractivity contribution >= 4 is 17.7 Å². The Morgan fingerprint density at radius 1 is 1.73 bits per heavy atom. The Hall–Kier alpha value is -0.920. The van der Waals surface area contributed by atoms with E-state index >= 15 is 0 Å². The van der Waals surface area contributed by atoms with Gasteiger partial charge in [-0.2, -0.15) is 0 Å². The number of aliphatic hydroxyl groups is 1. The lowest BCUT2D eigenvalue weighted by molar-refractivity contribution is 0.250. The van der Waals surface area contributed by atoms with E-state index in [1.807, 2.05) is 6.92 Å². The molecule has 84 valence electrons. The molecule has 0 aliphatic heterocycles. The van der Waals surface area contributed by atoms with Gasteiger partial charge in [-0.25, -0.2) is 20.2 Å². The number of rotatable bonds is 5. The molecule has 0 fully saturated rings. The molecule has 1 unspecified atom stereocenters. The first-order chi connectivity index (χ1) is 7.17. The lowest BCUT2D eigenvalue weighted by Gasteiger charge is -2.07. The van der Waals surface area contributed by atoms with Crippen LogP contribution in [0.1, 0.15) is 6.92 Å². The van der Waals surface area contributed by atoms with Crippen molar-refractivity contribution in [3.05, 3.63) is 12.0 Å². The fourth-order valence-corrected chi connectivity index (χ4v) is 1.69. The highest BCUT2D eigenvalue weighted by Gasteiger charge is 2.09. The number of nitrogens with one attached hydrogen (secondary N) is 1. The summed E-state index contributed by atoms with van der Waals surface area (Å²) in [6, 6.07) is 0. The zero-order valence-corrected chi connectivity index (χ0v) is 9.09. The highest BCUT2D eigenvalue weighted by Crippen LogP contribution is 2.21. The summed E-state index contributed by atoms with van der Waals surface area (Å²) in [6.07, 6.45) is 1.06. The van der Waals surface area contributed by atoms with Gasteiger partial charge in [0.25, 0.3) is 0 Å². The Morgan fingerprint density at radius 2 is 2.47 bits per heavy atom. The van der Waals surface area contributed by atoms with Gasteiger partial charge in [0.15, 0.2) is 5.82 Å². The monoisotopic (exact) mass is 232 g/mol. The average molecular weight is 232 g/mol. The molecule has 1 heterocycles. The molecule has 0 amide bonds. The maximum absolute atomic E-state index is 13.2. The van der Waals surface area contributed by atoms with E-state index in [0.717, 1.165) is 6.20 Å². The molecule has 4 N–H and O–H groups in total. The number of nitrogen functional groups attached to an aromatic ring is 1. The molecule has 7 heteroatoms. The Balaban J connectivity index is 2.66. The zero-order valence-electron chi connectivity index (χ0n) is 8.27. The van der Waals surface area contributed by atoms with Crippen molar-refractivity contribution in [2.75, 3.05) is 17.8 Å². The number of hydrogen-bond acceptors (Lipinski definition) is 6. The largest absolute Gasteiger partial charge is 0.396 e. The molecule has 15 heavy (non-hydrogen) atoms. The maximum atomic E-state index is 13.2. The molecule has 0 aliphatic carbocycles.